The normalized spacial score (nSPS) is 11.5. The molecule has 0 radical (unpaired) electrons. The van der Waals surface area contributed by atoms with E-state index in [1.54, 1.807) is 30.3 Å². The van der Waals surface area contributed by atoms with Crippen LogP contribution in [0.4, 0.5) is 10.5 Å². The van der Waals surface area contributed by atoms with Gasteiger partial charge in [0.15, 0.2) is 0 Å². The van der Waals surface area contributed by atoms with E-state index in [9.17, 15) is 9.59 Å². The van der Waals surface area contributed by atoms with Crippen LogP contribution in [-0.4, -0.2) is 18.5 Å². The van der Waals surface area contributed by atoms with Gasteiger partial charge in [-0.3, -0.25) is 4.79 Å². The second-order valence-electron chi connectivity index (χ2n) is 6.31. The minimum absolute atomic E-state index is 0.0832. The van der Waals surface area contributed by atoms with Crippen molar-refractivity contribution in [2.75, 3.05) is 11.9 Å². The van der Waals surface area contributed by atoms with E-state index in [1.807, 2.05) is 30.3 Å². The third-order valence-electron chi connectivity index (χ3n) is 3.92. The van der Waals surface area contributed by atoms with E-state index >= 15 is 0 Å². The standard InChI is InChI=1S/C21H25N3O2/c1-4-14-22-20(25)17-10-12-18(13-11-17)23-21(26)24-19(15(2)3)16-8-6-5-7-9-16/h4-13,15,19H,1,14H2,2-3H3,(H,22,25)(H2,23,24,26). The fourth-order valence-electron chi connectivity index (χ4n) is 2.58. The zero-order valence-electron chi connectivity index (χ0n) is 15.2. The first-order valence-electron chi connectivity index (χ1n) is 8.63. The summed E-state index contributed by atoms with van der Waals surface area (Å²) in [6, 6.07) is 16.3. The number of nitrogens with one attached hydrogen (secondary N) is 3. The summed E-state index contributed by atoms with van der Waals surface area (Å²) in [5.74, 6) is 0.0731. The molecule has 0 fully saturated rings. The molecule has 0 bridgehead atoms. The van der Waals surface area contributed by atoms with E-state index in [2.05, 4.69) is 36.4 Å². The molecular weight excluding hydrogens is 326 g/mol. The number of anilines is 1. The van der Waals surface area contributed by atoms with Crippen molar-refractivity contribution in [3.05, 3.63) is 78.4 Å². The second-order valence-corrected chi connectivity index (χ2v) is 6.31. The van der Waals surface area contributed by atoms with E-state index in [1.165, 1.54) is 0 Å². The summed E-state index contributed by atoms with van der Waals surface area (Å²) in [4.78, 5) is 24.2. The summed E-state index contributed by atoms with van der Waals surface area (Å²) in [5, 5.41) is 8.52. The molecule has 0 saturated heterocycles. The average Bonchev–Trinajstić information content (AvgIpc) is 2.65. The second kappa shape index (κ2) is 9.42. The van der Waals surface area contributed by atoms with Gasteiger partial charge in [0.05, 0.1) is 6.04 Å². The van der Waals surface area contributed by atoms with Gasteiger partial charge in [0, 0.05) is 17.8 Å². The summed E-state index contributed by atoms with van der Waals surface area (Å²) in [7, 11) is 0. The van der Waals surface area contributed by atoms with E-state index in [4.69, 9.17) is 0 Å². The maximum Gasteiger partial charge on any atom is 0.319 e. The van der Waals surface area contributed by atoms with Crippen molar-refractivity contribution >= 4 is 17.6 Å². The Balaban J connectivity index is 1.98. The molecule has 5 heteroatoms. The summed E-state index contributed by atoms with van der Waals surface area (Å²) >= 11 is 0. The first-order valence-corrected chi connectivity index (χ1v) is 8.63. The van der Waals surface area contributed by atoms with Gasteiger partial charge in [0.25, 0.3) is 5.91 Å². The number of rotatable bonds is 7. The van der Waals surface area contributed by atoms with E-state index in [0.29, 0.717) is 17.8 Å². The highest BCUT2D eigenvalue weighted by Crippen LogP contribution is 2.21. The molecule has 136 valence electrons. The molecule has 0 aliphatic carbocycles. The van der Waals surface area contributed by atoms with Crippen LogP contribution in [0.25, 0.3) is 0 Å². The molecule has 0 saturated carbocycles. The predicted molar refractivity (Wildman–Crippen MR) is 105 cm³/mol. The fraction of sp³-hybridized carbons (Fsp3) is 0.238. The number of hydrogen-bond acceptors (Lipinski definition) is 2. The van der Waals surface area contributed by atoms with Crippen molar-refractivity contribution < 1.29 is 9.59 Å². The summed E-state index contributed by atoms with van der Waals surface area (Å²) in [6.45, 7) is 8.10. The van der Waals surface area contributed by atoms with Crippen LogP contribution in [0.1, 0.15) is 35.8 Å². The van der Waals surface area contributed by atoms with Crippen LogP contribution in [0.15, 0.2) is 67.3 Å². The Kier molecular flexibility index (Phi) is 6.97. The Hall–Kier alpha value is -3.08. The van der Waals surface area contributed by atoms with Crippen molar-refractivity contribution in [3.63, 3.8) is 0 Å². The molecular formula is C21H25N3O2. The van der Waals surface area contributed by atoms with Crippen molar-refractivity contribution in [1.29, 1.82) is 0 Å². The molecule has 3 amide bonds. The Morgan fingerprint density at radius 1 is 1.04 bits per heavy atom. The largest absolute Gasteiger partial charge is 0.349 e. The van der Waals surface area contributed by atoms with Crippen LogP contribution >= 0.6 is 0 Å². The molecule has 0 aliphatic rings. The van der Waals surface area contributed by atoms with Crippen LogP contribution in [0.3, 0.4) is 0 Å². The van der Waals surface area contributed by atoms with Crippen molar-refractivity contribution in [3.8, 4) is 0 Å². The molecule has 0 heterocycles. The summed E-state index contributed by atoms with van der Waals surface area (Å²) in [5.41, 5.74) is 2.22. The van der Waals surface area contributed by atoms with Gasteiger partial charge < -0.3 is 16.0 Å². The monoisotopic (exact) mass is 351 g/mol. The highest BCUT2D eigenvalue weighted by atomic mass is 16.2. The SMILES string of the molecule is C=CCNC(=O)c1ccc(NC(=O)NC(c2ccccc2)C(C)C)cc1. The fourth-order valence-corrected chi connectivity index (χ4v) is 2.58. The highest BCUT2D eigenvalue weighted by Gasteiger charge is 2.18. The number of benzene rings is 2. The number of carbonyl (C=O) groups excluding carboxylic acids is 2. The lowest BCUT2D eigenvalue weighted by molar-refractivity contribution is 0.0958. The molecule has 3 N–H and O–H groups in total. The molecule has 0 aliphatic heterocycles. The van der Waals surface area contributed by atoms with Gasteiger partial charge in [-0.25, -0.2) is 4.79 Å². The molecule has 2 aromatic carbocycles. The van der Waals surface area contributed by atoms with Crippen molar-refractivity contribution in [1.82, 2.24) is 10.6 Å². The number of amides is 3. The third-order valence-corrected chi connectivity index (χ3v) is 3.92. The lowest BCUT2D eigenvalue weighted by Gasteiger charge is -2.23. The topological polar surface area (TPSA) is 70.2 Å². The minimum atomic E-state index is -0.281. The maximum absolute atomic E-state index is 12.3. The average molecular weight is 351 g/mol. The van der Waals surface area contributed by atoms with Crippen LogP contribution in [0.2, 0.25) is 0 Å². The minimum Gasteiger partial charge on any atom is -0.349 e. The Bertz CT molecular complexity index is 740. The molecule has 0 aromatic heterocycles. The zero-order chi connectivity index (χ0) is 18.9. The quantitative estimate of drug-likeness (QED) is 0.657. The van der Waals surface area contributed by atoms with E-state index < -0.39 is 0 Å². The van der Waals surface area contributed by atoms with Gasteiger partial charge in [-0.15, -0.1) is 6.58 Å². The van der Waals surface area contributed by atoms with Gasteiger partial charge in [-0.2, -0.15) is 0 Å². The van der Waals surface area contributed by atoms with Crippen molar-refractivity contribution in [2.45, 2.75) is 19.9 Å². The van der Waals surface area contributed by atoms with Crippen molar-refractivity contribution in [2.24, 2.45) is 5.92 Å². The molecule has 5 nitrogen and oxygen atoms in total. The first kappa shape index (κ1) is 19.2. The van der Waals surface area contributed by atoms with Crippen LogP contribution in [0, 0.1) is 5.92 Å². The Labute approximate surface area is 154 Å². The molecule has 2 rings (SSSR count). The van der Waals surface area contributed by atoms with Crippen LogP contribution < -0.4 is 16.0 Å². The van der Waals surface area contributed by atoms with Gasteiger partial charge in [0.1, 0.15) is 0 Å². The molecule has 1 unspecified atom stereocenters. The Morgan fingerprint density at radius 3 is 2.27 bits per heavy atom. The number of hydrogen-bond donors (Lipinski definition) is 3. The van der Waals surface area contributed by atoms with E-state index in [0.717, 1.165) is 5.56 Å². The number of carbonyl (C=O) groups is 2. The molecule has 1 atom stereocenters. The lowest BCUT2D eigenvalue weighted by Crippen LogP contribution is -2.35. The van der Waals surface area contributed by atoms with Gasteiger partial charge >= 0.3 is 6.03 Å². The summed E-state index contributed by atoms with van der Waals surface area (Å²) < 4.78 is 0. The predicted octanol–water partition coefficient (Wildman–Crippen LogP) is 4.12. The smallest absolute Gasteiger partial charge is 0.319 e. The Morgan fingerprint density at radius 2 is 1.69 bits per heavy atom. The third kappa shape index (κ3) is 5.48. The van der Waals surface area contributed by atoms with Gasteiger partial charge in [0.2, 0.25) is 0 Å². The van der Waals surface area contributed by atoms with E-state index in [-0.39, 0.29) is 23.9 Å². The zero-order valence-corrected chi connectivity index (χ0v) is 15.2. The molecule has 2 aromatic rings. The van der Waals surface area contributed by atoms with Crippen LogP contribution in [0.5, 0.6) is 0 Å². The van der Waals surface area contributed by atoms with Crippen LogP contribution in [-0.2, 0) is 0 Å². The van der Waals surface area contributed by atoms with Gasteiger partial charge in [-0.05, 0) is 35.7 Å². The molecule has 26 heavy (non-hydrogen) atoms. The number of urea groups is 1. The molecule has 0 spiro atoms. The lowest BCUT2D eigenvalue weighted by atomic mass is 9.96. The van der Waals surface area contributed by atoms with Gasteiger partial charge in [-0.1, -0.05) is 50.3 Å². The highest BCUT2D eigenvalue weighted by molar-refractivity contribution is 5.95. The summed E-state index contributed by atoms with van der Waals surface area (Å²) in [6.07, 6.45) is 1.62. The maximum atomic E-state index is 12.3. The first-order chi connectivity index (χ1) is 12.5.